The number of hydrogen-bond donors (Lipinski definition) is 2. The Balaban J connectivity index is 1.98. The van der Waals surface area contributed by atoms with Crippen LogP contribution in [0.5, 0.6) is 0 Å². The van der Waals surface area contributed by atoms with Gasteiger partial charge in [0.15, 0.2) is 0 Å². The first kappa shape index (κ1) is 45.5. The Labute approximate surface area is 307 Å². The minimum atomic E-state index is -0.800. The van der Waals surface area contributed by atoms with Crippen molar-refractivity contribution in [3.8, 4) is 0 Å². The summed E-state index contributed by atoms with van der Waals surface area (Å²) in [7, 11) is 0. The van der Waals surface area contributed by atoms with Crippen molar-refractivity contribution < 1.29 is 23.9 Å². The number of unbranched alkanes of at least 4 members (excludes halogenated alkanes) is 24. The molecule has 0 fully saturated rings. The third-order valence-corrected chi connectivity index (χ3v) is 9.58. The van der Waals surface area contributed by atoms with Crippen molar-refractivity contribution in [3.05, 3.63) is 35.4 Å². The normalized spacial score (nSPS) is 11.7. The monoisotopic (exact) mass is 701 g/mol. The van der Waals surface area contributed by atoms with E-state index in [9.17, 15) is 14.4 Å². The van der Waals surface area contributed by atoms with Crippen molar-refractivity contribution in [2.75, 3.05) is 13.2 Å². The Bertz CT molecular complexity index is 951. The van der Waals surface area contributed by atoms with Crippen LogP contribution in [0.25, 0.3) is 0 Å². The van der Waals surface area contributed by atoms with Gasteiger partial charge in [0.05, 0.1) is 6.61 Å². The van der Waals surface area contributed by atoms with E-state index in [1.807, 2.05) is 12.1 Å². The van der Waals surface area contributed by atoms with Crippen molar-refractivity contribution >= 4 is 18.0 Å². The van der Waals surface area contributed by atoms with Crippen molar-refractivity contribution in [1.29, 1.82) is 0 Å². The van der Waals surface area contributed by atoms with Gasteiger partial charge in [-0.3, -0.25) is 4.79 Å². The summed E-state index contributed by atoms with van der Waals surface area (Å²) < 4.78 is 10.6. The highest BCUT2D eigenvalue weighted by Crippen LogP contribution is 2.15. The van der Waals surface area contributed by atoms with Crippen LogP contribution >= 0.6 is 0 Å². The predicted octanol–water partition coefficient (Wildman–Crippen LogP) is 11.7. The molecule has 0 radical (unpaired) electrons. The van der Waals surface area contributed by atoms with Crippen LogP contribution < -0.4 is 10.6 Å². The number of carbonyl (C=O) groups is 3. The first-order valence-corrected chi connectivity index (χ1v) is 20.9. The predicted molar refractivity (Wildman–Crippen MR) is 208 cm³/mol. The fraction of sp³-hybridized carbons (Fsp3) is 0.791. The van der Waals surface area contributed by atoms with Gasteiger partial charge in [0.1, 0.15) is 19.2 Å². The van der Waals surface area contributed by atoms with Crippen LogP contribution in [0.15, 0.2) is 24.3 Å². The average molecular weight is 701 g/mol. The summed E-state index contributed by atoms with van der Waals surface area (Å²) in [4.78, 5) is 36.6. The fourth-order valence-corrected chi connectivity index (χ4v) is 6.24. The van der Waals surface area contributed by atoms with Gasteiger partial charge in [-0.25, -0.2) is 9.59 Å². The van der Waals surface area contributed by atoms with Gasteiger partial charge >= 0.3 is 18.0 Å². The minimum absolute atomic E-state index is 0.156. The number of aryl methyl sites for hydroxylation is 1. The van der Waals surface area contributed by atoms with E-state index in [0.717, 1.165) is 31.2 Å². The van der Waals surface area contributed by atoms with Crippen LogP contribution in [0.1, 0.15) is 199 Å². The number of amides is 2. The standard InChI is InChI=1S/C43H76N2O5/c1-4-6-8-10-12-14-16-17-18-19-20-21-23-25-27-29-35-49-42(47)38(3)45-43(48)44-36-41(46)50-37-40-33-31-39(32-34-40)30-28-26-24-22-15-13-11-9-7-5-2/h31-34,38H,4-30,35-37H2,1-3H3,(H2,44,45,48). The molecule has 50 heavy (non-hydrogen) atoms. The maximum absolute atomic E-state index is 12.3. The van der Waals surface area contributed by atoms with E-state index in [0.29, 0.717) is 6.61 Å². The van der Waals surface area contributed by atoms with Gasteiger partial charge in [0, 0.05) is 0 Å². The molecule has 1 rings (SSSR count). The van der Waals surface area contributed by atoms with Gasteiger partial charge in [-0.1, -0.05) is 192 Å². The number of urea groups is 1. The highest BCUT2D eigenvalue weighted by molar-refractivity contribution is 5.85. The first-order chi connectivity index (χ1) is 24.5. The first-order valence-electron chi connectivity index (χ1n) is 20.9. The molecule has 0 aliphatic carbocycles. The van der Waals surface area contributed by atoms with Crippen molar-refractivity contribution in [2.24, 2.45) is 0 Å². The molecule has 1 atom stereocenters. The molecule has 0 saturated carbocycles. The van der Waals surface area contributed by atoms with Crippen LogP contribution in [0.3, 0.4) is 0 Å². The zero-order valence-electron chi connectivity index (χ0n) is 32.6. The summed E-state index contributed by atoms with van der Waals surface area (Å²) in [5.74, 6) is -1.01. The molecular formula is C43H76N2O5. The number of esters is 2. The lowest BCUT2D eigenvalue weighted by molar-refractivity contribution is -0.145. The van der Waals surface area contributed by atoms with Crippen LogP contribution in [-0.4, -0.2) is 37.2 Å². The van der Waals surface area contributed by atoms with Crippen LogP contribution in [0.2, 0.25) is 0 Å². The fourth-order valence-electron chi connectivity index (χ4n) is 6.24. The van der Waals surface area contributed by atoms with E-state index in [2.05, 4.69) is 36.6 Å². The molecule has 7 heteroatoms. The second kappa shape index (κ2) is 33.6. The Morgan fingerprint density at radius 2 is 0.940 bits per heavy atom. The van der Waals surface area contributed by atoms with Crippen LogP contribution in [0.4, 0.5) is 4.79 Å². The van der Waals surface area contributed by atoms with E-state index in [-0.39, 0.29) is 13.2 Å². The van der Waals surface area contributed by atoms with Gasteiger partial charge in [-0.05, 0) is 37.3 Å². The molecule has 0 bridgehead atoms. The van der Waals surface area contributed by atoms with Gasteiger partial charge < -0.3 is 20.1 Å². The van der Waals surface area contributed by atoms with E-state index < -0.39 is 24.0 Å². The Hall–Kier alpha value is -2.57. The van der Waals surface area contributed by atoms with Crippen molar-refractivity contribution in [3.63, 3.8) is 0 Å². The maximum atomic E-state index is 12.3. The molecule has 0 saturated heterocycles. The quantitative estimate of drug-likeness (QED) is 0.0551. The highest BCUT2D eigenvalue weighted by atomic mass is 16.5. The number of rotatable bonds is 34. The number of nitrogens with one attached hydrogen (secondary N) is 2. The molecule has 0 aromatic heterocycles. The molecular weight excluding hydrogens is 624 g/mol. The zero-order valence-corrected chi connectivity index (χ0v) is 32.6. The molecule has 1 aromatic carbocycles. The lowest BCUT2D eigenvalue weighted by Gasteiger charge is -2.14. The molecule has 7 nitrogen and oxygen atoms in total. The van der Waals surface area contributed by atoms with Crippen LogP contribution in [-0.2, 0) is 32.1 Å². The van der Waals surface area contributed by atoms with Crippen molar-refractivity contribution in [2.45, 2.75) is 207 Å². The van der Waals surface area contributed by atoms with Gasteiger partial charge in [-0.15, -0.1) is 0 Å². The second-order valence-electron chi connectivity index (χ2n) is 14.4. The smallest absolute Gasteiger partial charge is 0.328 e. The zero-order chi connectivity index (χ0) is 36.3. The van der Waals surface area contributed by atoms with E-state index >= 15 is 0 Å². The summed E-state index contributed by atoms with van der Waals surface area (Å²) in [5.41, 5.74) is 2.21. The van der Waals surface area contributed by atoms with Crippen LogP contribution in [0, 0.1) is 0 Å². The molecule has 1 aromatic rings. The number of hydrogen-bond acceptors (Lipinski definition) is 5. The maximum Gasteiger partial charge on any atom is 0.328 e. The summed E-state index contributed by atoms with van der Waals surface area (Å²) >= 11 is 0. The summed E-state index contributed by atoms with van der Waals surface area (Å²) in [5, 5.41) is 4.99. The molecule has 0 heterocycles. The number of ether oxygens (including phenoxy) is 2. The van der Waals surface area contributed by atoms with Crippen molar-refractivity contribution in [1.82, 2.24) is 10.6 Å². The molecule has 288 valence electrons. The topological polar surface area (TPSA) is 93.7 Å². The van der Waals surface area contributed by atoms with Gasteiger partial charge in [0.25, 0.3) is 0 Å². The number of carbonyl (C=O) groups excluding carboxylic acids is 3. The molecule has 0 aliphatic heterocycles. The minimum Gasteiger partial charge on any atom is -0.464 e. The van der Waals surface area contributed by atoms with E-state index in [1.54, 1.807) is 6.92 Å². The molecule has 1 unspecified atom stereocenters. The number of benzene rings is 1. The summed E-state index contributed by atoms with van der Waals surface area (Å²) in [6.45, 7) is 6.35. The highest BCUT2D eigenvalue weighted by Gasteiger charge is 2.17. The summed E-state index contributed by atoms with van der Waals surface area (Å²) in [6, 6.07) is 6.78. The second-order valence-corrected chi connectivity index (χ2v) is 14.4. The third-order valence-electron chi connectivity index (χ3n) is 9.58. The molecule has 2 N–H and O–H groups in total. The third kappa shape index (κ3) is 28.2. The lowest BCUT2D eigenvalue weighted by Crippen LogP contribution is -2.46. The van der Waals surface area contributed by atoms with Gasteiger partial charge in [-0.2, -0.15) is 0 Å². The largest absolute Gasteiger partial charge is 0.464 e. The Morgan fingerprint density at radius 1 is 0.540 bits per heavy atom. The summed E-state index contributed by atoms with van der Waals surface area (Å²) in [6.07, 6.45) is 35.1. The molecule has 0 spiro atoms. The van der Waals surface area contributed by atoms with Gasteiger partial charge in [0.2, 0.25) is 0 Å². The Morgan fingerprint density at radius 3 is 1.40 bits per heavy atom. The Kier molecular flexibility index (Phi) is 30.5. The van der Waals surface area contributed by atoms with E-state index in [1.165, 1.54) is 153 Å². The van der Waals surface area contributed by atoms with E-state index in [4.69, 9.17) is 9.47 Å². The lowest BCUT2D eigenvalue weighted by atomic mass is 10.0. The average Bonchev–Trinajstić information content (AvgIpc) is 3.12. The molecule has 0 aliphatic rings. The SMILES string of the molecule is CCCCCCCCCCCCCCCCCCOC(=O)C(C)NC(=O)NCC(=O)OCc1ccc(CCCCCCCCCCCC)cc1. The molecule has 2 amide bonds.